The molecule has 2 aliphatic rings. The second-order valence-electron chi connectivity index (χ2n) is 7.61. The third kappa shape index (κ3) is 3.93. The van der Waals surface area contributed by atoms with Crippen LogP contribution in [0.15, 0.2) is 24.3 Å². The highest BCUT2D eigenvalue weighted by Crippen LogP contribution is 2.30. The number of aliphatic hydroxyl groups excluding tert-OH is 1. The molecule has 0 radical (unpaired) electrons. The van der Waals surface area contributed by atoms with E-state index in [9.17, 15) is 5.11 Å². The molecule has 0 spiro atoms. The standard InChI is InChI=1S/C20H32N2O2/c1-15-7-4-5-9-18(15)24-19-10-6-8-17(20(19)23)22(3)16-11-13-21(2)14-12-16/h4-5,7,9,16-17,19-20,23H,6,8,10-14H2,1-3H3/t17-,19+,20+/m0/s1. The Morgan fingerprint density at radius 3 is 2.54 bits per heavy atom. The Hall–Kier alpha value is -1.10. The number of aryl methyl sites for hydroxylation is 1. The fourth-order valence-electron chi connectivity index (χ4n) is 4.22. The molecule has 24 heavy (non-hydrogen) atoms. The van der Waals surface area contributed by atoms with Crippen molar-refractivity contribution in [2.24, 2.45) is 0 Å². The van der Waals surface area contributed by atoms with E-state index in [-0.39, 0.29) is 12.1 Å². The molecule has 4 heteroatoms. The molecule has 0 aromatic heterocycles. The second-order valence-corrected chi connectivity index (χ2v) is 7.61. The number of benzene rings is 1. The van der Waals surface area contributed by atoms with Crippen molar-refractivity contribution in [3.63, 3.8) is 0 Å². The van der Waals surface area contributed by atoms with Crippen molar-refractivity contribution in [3.05, 3.63) is 29.8 Å². The zero-order valence-corrected chi connectivity index (χ0v) is 15.3. The lowest BCUT2D eigenvalue weighted by Gasteiger charge is -2.44. The zero-order chi connectivity index (χ0) is 17.1. The van der Waals surface area contributed by atoms with Crippen molar-refractivity contribution in [1.29, 1.82) is 0 Å². The van der Waals surface area contributed by atoms with Gasteiger partial charge in [-0.25, -0.2) is 0 Å². The molecule has 3 rings (SSSR count). The normalized spacial score (nSPS) is 29.8. The van der Waals surface area contributed by atoms with Crippen LogP contribution in [-0.4, -0.2) is 66.4 Å². The summed E-state index contributed by atoms with van der Waals surface area (Å²) in [4.78, 5) is 4.83. The summed E-state index contributed by atoms with van der Waals surface area (Å²) < 4.78 is 6.20. The van der Waals surface area contributed by atoms with E-state index in [0.29, 0.717) is 6.04 Å². The van der Waals surface area contributed by atoms with Gasteiger partial charge in [0.05, 0.1) is 0 Å². The molecule has 0 amide bonds. The molecule has 1 N–H and O–H groups in total. The lowest BCUT2D eigenvalue weighted by atomic mass is 9.87. The van der Waals surface area contributed by atoms with Gasteiger partial charge in [-0.2, -0.15) is 0 Å². The van der Waals surface area contributed by atoms with E-state index in [1.165, 1.54) is 12.8 Å². The van der Waals surface area contributed by atoms with Crippen LogP contribution < -0.4 is 4.74 Å². The molecule has 1 saturated heterocycles. The van der Waals surface area contributed by atoms with Crippen molar-refractivity contribution in [2.75, 3.05) is 27.2 Å². The van der Waals surface area contributed by atoms with Gasteiger partial charge in [0.2, 0.25) is 0 Å². The Morgan fingerprint density at radius 1 is 1.12 bits per heavy atom. The summed E-state index contributed by atoms with van der Waals surface area (Å²) in [5, 5.41) is 11.0. The molecule has 4 nitrogen and oxygen atoms in total. The highest BCUT2D eigenvalue weighted by Gasteiger charge is 2.38. The molecule has 134 valence electrons. The van der Waals surface area contributed by atoms with Crippen LogP contribution in [0.5, 0.6) is 5.75 Å². The van der Waals surface area contributed by atoms with Crippen LogP contribution in [0.2, 0.25) is 0 Å². The molecule has 0 unspecified atom stereocenters. The Labute approximate surface area is 146 Å². The third-order valence-electron chi connectivity index (χ3n) is 5.92. The number of likely N-dealkylation sites (N-methyl/N-ethyl adjacent to an activating group) is 1. The summed E-state index contributed by atoms with van der Waals surface area (Å²) in [6, 6.07) is 8.88. The fraction of sp³-hybridized carbons (Fsp3) is 0.700. The first-order valence-corrected chi connectivity index (χ1v) is 9.37. The maximum absolute atomic E-state index is 11.0. The van der Waals surface area contributed by atoms with Gasteiger partial charge in [0.15, 0.2) is 0 Å². The maximum atomic E-state index is 11.0. The minimum absolute atomic E-state index is 0.0986. The van der Waals surface area contributed by atoms with Crippen molar-refractivity contribution in [2.45, 2.75) is 63.3 Å². The number of aliphatic hydroxyl groups is 1. The van der Waals surface area contributed by atoms with Gasteiger partial charge < -0.3 is 14.7 Å². The van der Waals surface area contributed by atoms with Gasteiger partial charge in [0, 0.05) is 12.1 Å². The third-order valence-corrected chi connectivity index (χ3v) is 5.92. The van der Waals surface area contributed by atoms with Gasteiger partial charge in [0.25, 0.3) is 0 Å². The average molecular weight is 332 g/mol. The molecular weight excluding hydrogens is 300 g/mol. The van der Waals surface area contributed by atoms with Gasteiger partial charge in [0.1, 0.15) is 18.0 Å². The quantitative estimate of drug-likeness (QED) is 0.920. The van der Waals surface area contributed by atoms with E-state index in [1.807, 2.05) is 18.2 Å². The van der Waals surface area contributed by atoms with Crippen molar-refractivity contribution < 1.29 is 9.84 Å². The number of piperidine rings is 1. The van der Waals surface area contributed by atoms with Gasteiger partial charge >= 0.3 is 0 Å². The van der Waals surface area contributed by atoms with Gasteiger partial charge in [-0.3, -0.25) is 4.90 Å². The number of hydrogen-bond donors (Lipinski definition) is 1. The van der Waals surface area contributed by atoms with E-state index in [0.717, 1.165) is 43.7 Å². The van der Waals surface area contributed by atoms with Gasteiger partial charge in [-0.15, -0.1) is 0 Å². The van der Waals surface area contributed by atoms with Gasteiger partial charge in [-0.1, -0.05) is 18.2 Å². The van der Waals surface area contributed by atoms with E-state index in [1.54, 1.807) is 0 Å². The minimum Gasteiger partial charge on any atom is -0.487 e. The summed E-state index contributed by atoms with van der Waals surface area (Å²) >= 11 is 0. The molecule has 1 aromatic rings. The number of ether oxygens (including phenoxy) is 1. The van der Waals surface area contributed by atoms with Gasteiger partial charge in [-0.05, 0) is 77.8 Å². The predicted octanol–water partition coefficient (Wildman–Crippen LogP) is 2.68. The first kappa shape index (κ1) is 17.7. The van der Waals surface area contributed by atoms with Crippen LogP contribution in [0.1, 0.15) is 37.7 Å². The van der Waals surface area contributed by atoms with Crippen LogP contribution in [0.25, 0.3) is 0 Å². The number of hydrogen-bond acceptors (Lipinski definition) is 4. The molecule has 2 fully saturated rings. The number of rotatable bonds is 4. The molecule has 3 atom stereocenters. The molecule has 1 aliphatic carbocycles. The van der Waals surface area contributed by atoms with E-state index in [4.69, 9.17) is 4.74 Å². The smallest absolute Gasteiger partial charge is 0.126 e. The van der Waals surface area contributed by atoms with Crippen LogP contribution >= 0.6 is 0 Å². The highest BCUT2D eigenvalue weighted by atomic mass is 16.5. The largest absolute Gasteiger partial charge is 0.487 e. The summed E-state index contributed by atoms with van der Waals surface area (Å²) in [6.45, 7) is 4.37. The number of nitrogens with zero attached hydrogens (tertiary/aromatic N) is 2. The second kappa shape index (κ2) is 7.85. The molecule has 0 bridgehead atoms. The molecule has 1 heterocycles. The topological polar surface area (TPSA) is 35.9 Å². The summed E-state index contributed by atoms with van der Waals surface area (Å²) in [7, 11) is 4.39. The SMILES string of the molecule is Cc1ccccc1O[C@@H]1CCC[C@H](N(C)C2CCN(C)CC2)[C@H]1O. The Kier molecular flexibility index (Phi) is 5.80. The molecule has 1 aliphatic heterocycles. The van der Waals surface area contributed by atoms with Crippen LogP contribution in [0.4, 0.5) is 0 Å². The maximum Gasteiger partial charge on any atom is 0.126 e. The number of para-hydroxylation sites is 1. The first-order valence-electron chi connectivity index (χ1n) is 9.37. The zero-order valence-electron chi connectivity index (χ0n) is 15.3. The summed E-state index contributed by atoms with van der Waals surface area (Å²) in [6.07, 6.45) is 5.00. The average Bonchev–Trinajstić information content (AvgIpc) is 2.59. The molecule has 1 saturated carbocycles. The highest BCUT2D eigenvalue weighted by molar-refractivity contribution is 5.32. The molecular formula is C20H32N2O2. The Bertz CT molecular complexity index is 528. The lowest BCUT2D eigenvalue weighted by Crippen LogP contribution is -2.56. The lowest BCUT2D eigenvalue weighted by molar-refractivity contribution is -0.0622. The van der Waals surface area contributed by atoms with E-state index < -0.39 is 6.10 Å². The fourth-order valence-corrected chi connectivity index (χ4v) is 4.22. The Balaban J connectivity index is 1.64. The summed E-state index contributed by atoms with van der Waals surface area (Å²) in [5.74, 6) is 0.907. The summed E-state index contributed by atoms with van der Waals surface area (Å²) in [5.41, 5.74) is 1.13. The molecule has 1 aromatic carbocycles. The Morgan fingerprint density at radius 2 is 1.83 bits per heavy atom. The van der Waals surface area contributed by atoms with E-state index in [2.05, 4.69) is 36.9 Å². The van der Waals surface area contributed by atoms with Crippen LogP contribution in [0.3, 0.4) is 0 Å². The van der Waals surface area contributed by atoms with Crippen molar-refractivity contribution in [3.8, 4) is 5.75 Å². The van der Waals surface area contributed by atoms with Crippen molar-refractivity contribution in [1.82, 2.24) is 9.80 Å². The minimum atomic E-state index is -0.414. The van der Waals surface area contributed by atoms with Crippen molar-refractivity contribution >= 4 is 0 Å². The predicted molar refractivity (Wildman–Crippen MR) is 97.5 cm³/mol. The van der Waals surface area contributed by atoms with Crippen LogP contribution in [-0.2, 0) is 0 Å². The number of likely N-dealkylation sites (tertiary alicyclic amines) is 1. The monoisotopic (exact) mass is 332 g/mol. The van der Waals surface area contributed by atoms with E-state index >= 15 is 0 Å². The van der Waals surface area contributed by atoms with Crippen LogP contribution in [0, 0.1) is 6.92 Å². The first-order chi connectivity index (χ1) is 11.6.